The van der Waals surface area contributed by atoms with Gasteiger partial charge in [-0.1, -0.05) is 72.8 Å². The minimum atomic E-state index is 0.101. The Balaban J connectivity index is 1.33. The molecule has 0 saturated heterocycles. The van der Waals surface area contributed by atoms with Crippen molar-refractivity contribution < 1.29 is 4.79 Å². The third kappa shape index (κ3) is 3.77. The van der Waals surface area contributed by atoms with Crippen LogP contribution in [0, 0.1) is 0 Å². The second kappa shape index (κ2) is 8.83. The van der Waals surface area contributed by atoms with Crippen LogP contribution in [0.25, 0.3) is 0 Å². The second-order valence-corrected chi connectivity index (χ2v) is 9.24. The predicted octanol–water partition coefficient (Wildman–Crippen LogP) is 6.04. The van der Waals surface area contributed by atoms with E-state index in [0.717, 1.165) is 61.5 Å². The van der Waals surface area contributed by atoms with E-state index < -0.39 is 0 Å². The molecule has 3 heteroatoms. The van der Waals surface area contributed by atoms with E-state index in [2.05, 4.69) is 70.5 Å². The lowest BCUT2D eigenvalue weighted by Gasteiger charge is -2.33. The summed E-state index contributed by atoms with van der Waals surface area (Å²) >= 11 is 0. The third-order valence-corrected chi connectivity index (χ3v) is 7.24. The fourth-order valence-electron chi connectivity index (χ4n) is 5.43. The van der Waals surface area contributed by atoms with Gasteiger partial charge in [-0.25, -0.2) is 0 Å². The average Bonchev–Trinajstić information content (AvgIpc) is 2.92. The highest BCUT2D eigenvalue weighted by Crippen LogP contribution is 2.33. The lowest BCUT2D eigenvalue weighted by atomic mass is 9.94. The zero-order valence-corrected chi connectivity index (χ0v) is 19.3. The minimum Gasteiger partial charge on any atom is -0.366 e. The summed E-state index contributed by atoms with van der Waals surface area (Å²) in [6.45, 7) is 3.52. The molecule has 0 fully saturated rings. The highest BCUT2D eigenvalue weighted by Gasteiger charge is 2.25. The summed E-state index contributed by atoms with van der Waals surface area (Å²) in [6.07, 6.45) is 2.00. The molecule has 0 unspecified atom stereocenters. The Morgan fingerprint density at radius 2 is 0.882 bits per heavy atom. The molecule has 2 aliphatic rings. The van der Waals surface area contributed by atoms with Crippen molar-refractivity contribution in [3.8, 4) is 0 Å². The van der Waals surface area contributed by atoms with Crippen LogP contribution in [0.5, 0.6) is 0 Å². The molecule has 34 heavy (non-hydrogen) atoms. The molecule has 0 radical (unpaired) electrons. The molecule has 6 rings (SSSR count). The van der Waals surface area contributed by atoms with E-state index in [-0.39, 0.29) is 5.78 Å². The molecule has 0 atom stereocenters. The zero-order valence-electron chi connectivity index (χ0n) is 19.3. The van der Waals surface area contributed by atoms with Crippen LogP contribution < -0.4 is 9.80 Å². The zero-order chi connectivity index (χ0) is 22.9. The van der Waals surface area contributed by atoms with Gasteiger partial charge in [-0.05, 0) is 59.4 Å². The van der Waals surface area contributed by atoms with Gasteiger partial charge in [-0.3, -0.25) is 4.79 Å². The van der Waals surface area contributed by atoms with Gasteiger partial charge >= 0.3 is 0 Å². The van der Waals surface area contributed by atoms with Crippen LogP contribution in [-0.2, 0) is 25.9 Å². The topological polar surface area (TPSA) is 23.6 Å². The van der Waals surface area contributed by atoms with Gasteiger partial charge in [0.1, 0.15) is 0 Å². The number of carbonyl (C=O) groups excluding carboxylic acids is 1. The SMILES string of the molecule is O=C(c1ccccc1N1CCc2ccccc2C1)c1ccccc1N1CCc2ccccc2C1. The summed E-state index contributed by atoms with van der Waals surface area (Å²) in [6, 6.07) is 33.5. The standard InChI is InChI=1S/C31H28N2O/c34-31(27-13-5-7-15-29(27)32-19-17-23-9-1-3-11-25(23)21-32)28-14-6-8-16-30(28)33-20-18-24-10-2-4-12-26(24)22-33/h1-16H,17-22H2. The fourth-order valence-corrected chi connectivity index (χ4v) is 5.43. The summed E-state index contributed by atoms with van der Waals surface area (Å²) in [5.41, 5.74) is 9.16. The number of rotatable bonds is 4. The van der Waals surface area contributed by atoms with E-state index in [9.17, 15) is 4.79 Å². The summed E-state index contributed by atoms with van der Waals surface area (Å²) in [5, 5.41) is 0. The first-order chi connectivity index (χ1) is 16.8. The van der Waals surface area contributed by atoms with Crippen LogP contribution in [0.15, 0.2) is 97.1 Å². The lowest BCUT2D eigenvalue weighted by Crippen LogP contribution is -2.32. The maximum Gasteiger partial charge on any atom is 0.197 e. The molecule has 0 saturated carbocycles. The van der Waals surface area contributed by atoms with Gasteiger partial charge in [0, 0.05) is 48.7 Å². The molecule has 0 N–H and O–H groups in total. The summed E-state index contributed by atoms with van der Waals surface area (Å²) in [5.74, 6) is 0.101. The first-order valence-electron chi connectivity index (χ1n) is 12.1. The summed E-state index contributed by atoms with van der Waals surface area (Å²) in [7, 11) is 0. The fraction of sp³-hybridized carbons (Fsp3) is 0.194. The number of para-hydroxylation sites is 2. The number of hydrogen-bond acceptors (Lipinski definition) is 3. The molecule has 0 aromatic heterocycles. The van der Waals surface area contributed by atoms with E-state index in [1.807, 2.05) is 36.4 Å². The van der Waals surface area contributed by atoms with Crippen molar-refractivity contribution in [3.05, 3.63) is 130 Å². The molecule has 0 aliphatic carbocycles. The van der Waals surface area contributed by atoms with Crippen LogP contribution >= 0.6 is 0 Å². The molecule has 0 bridgehead atoms. The van der Waals surface area contributed by atoms with Gasteiger partial charge < -0.3 is 9.80 Å². The minimum absolute atomic E-state index is 0.101. The Morgan fingerprint density at radius 1 is 0.500 bits per heavy atom. The molecular formula is C31H28N2O. The molecule has 0 spiro atoms. The summed E-state index contributed by atoms with van der Waals surface area (Å²) in [4.78, 5) is 18.7. The number of benzene rings is 4. The van der Waals surface area contributed by atoms with Crippen LogP contribution in [0.2, 0.25) is 0 Å². The maximum atomic E-state index is 14.0. The number of hydrogen-bond donors (Lipinski definition) is 0. The first-order valence-corrected chi connectivity index (χ1v) is 12.1. The van der Waals surface area contributed by atoms with E-state index >= 15 is 0 Å². The quantitative estimate of drug-likeness (QED) is 0.358. The third-order valence-electron chi connectivity index (χ3n) is 7.24. The van der Waals surface area contributed by atoms with Crippen LogP contribution in [-0.4, -0.2) is 18.9 Å². The van der Waals surface area contributed by atoms with Crippen LogP contribution in [0.4, 0.5) is 11.4 Å². The molecule has 4 aromatic carbocycles. The van der Waals surface area contributed by atoms with E-state index in [0.29, 0.717) is 0 Å². The van der Waals surface area contributed by atoms with Crippen molar-refractivity contribution in [2.75, 3.05) is 22.9 Å². The number of nitrogens with zero attached hydrogens (tertiary/aromatic N) is 2. The smallest absolute Gasteiger partial charge is 0.197 e. The molecule has 0 amide bonds. The monoisotopic (exact) mass is 444 g/mol. The highest BCUT2D eigenvalue weighted by molar-refractivity contribution is 6.15. The highest BCUT2D eigenvalue weighted by atomic mass is 16.1. The van der Waals surface area contributed by atoms with E-state index in [4.69, 9.17) is 0 Å². The van der Waals surface area contributed by atoms with Crippen molar-refractivity contribution in [3.63, 3.8) is 0 Å². The molecule has 4 aromatic rings. The number of anilines is 2. The van der Waals surface area contributed by atoms with Gasteiger partial charge in [0.05, 0.1) is 0 Å². The Bertz CT molecular complexity index is 1260. The largest absolute Gasteiger partial charge is 0.366 e. The Morgan fingerprint density at radius 3 is 1.35 bits per heavy atom. The first kappa shape index (κ1) is 20.7. The maximum absolute atomic E-state index is 14.0. The molecule has 168 valence electrons. The number of ketones is 1. The average molecular weight is 445 g/mol. The molecule has 2 heterocycles. The Kier molecular flexibility index (Phi) is 5.38. The molecule has 2 aliphatic heterocycles. The molecular weight excluding hydrogens is 416 g/mol. The van der Waals surface area contributed by atoms with E-state index in [1.54, 1.807) is 0 Å². The van der Waals surface area contributed by atoms with E-state index in [1.165, 1.54) is 22.3 Å². The van der Waals surface area contributed by atoms with Gasteiger partial charge in [0.2, 0.25) is 0 Å². The lowest BCUT2D eigenvalue weighted by molar-refractivity contribution is 0.103. The number of fused-ring (bicyclic) bond motifs is 2. The van der Waals surface area contributed by atoms with Gasteiger partial charge in [-0.15, -0.1) is 0 Å². The Hall–Kier alpha value is -3.85. The second-order valence-electron chi connectivity index (χ2n) is 9.24. The van der Waals surface area contributed by atoms with Crippen molar-refractivity contribution >= 4 is 17.2 Å². The van der Waals surface area contributed by atoms with Crippen LogP contribution in [0.1, 0.15) is 38.2 Å². The Labute approximate surface area is 201 Å². The summed E-state index contributed by atoms with van der Waals surface area (Å²) < 4.78 is 0. The van der Waals surface area contributed by atoms with Gasteiger partial charge in [-0.2, -0.15) is 0 Å². The predicted molar refractivity (Wildman–Crippen MR) is 139 cm³/mol. The molecule has 3 nitrogen and oxygen atoms in total. The van der Waals surface area contributed by atoms with Gasteiger partial charge in [0.25, 0.3) is 0 Å². The van der Waals surface area contributed by atoms with Gasteiger partial charge in [0.15, 0.2) is 5.78 Å². The van der Waals surface area contributed by atoms with Crippen molar-refractivity contribution in [2.45, 2.75) is 25.9 Å². The van der Waals surface area contributed by atoms with Crippen molar-refractivity contribution in [1.82, 2.24) is 0 Å². The van der Waals surface area contributed by atoms with Crippen molar-refractivity contribution in [2.24, 2.45) is 0 Å². The normalized spacial score (nSPS) is 14.9. The van der Waals surface area contributed by atoms with Crippen molar-refractivity contribution in [1.29, 1.82) is 0 Å². The van der Waals surface area contributed by atoms with Crippen LogP contribution in [0.3, 0.4) is 0 Å². The number of carbonyl (C=O) groups is 1.